The highest BCUT2D eigenvalue weighted by Crippen LogP contribution is 2.56. The SMILES string of the molecule is Cc1ccc(O)c2c1[C@@H](C)[C@H]1C(=C2O)C(=O)[C@@]2(O)C(O)=C(C(N)=O)C(=O)[C@H](N(C)C)[C@H]2[C@@H]1O. The number of nitrogens with two attached hydrogens (primary N) is 1. The Kier molecular flexibility index (Phi) is 4.97. The van der Waals surface area contributed by atoms with E-state index < -0.39 is 75.6 Å². The lowest BCUT2D eigenvalue weighted by Gasteiger charge is -2.53. The van der Waals surface area contributed by atoms with E-state index in [9.17, 15) is 39.9 Å². The number of benzene rings is 1. The van der Waals surface area contributed by atoms with Gasteiger partial charge >= 0.3 is 0 Å². The third-order valence-corrected chi connectivity index (χ3v) is 7.33. The normalized spacial score (nSPS) is 33.7. The van der Waals surface area contributed by atoms with Gasteiger partial charge in [0.05, 0.1) is 23.6 Å². The molecule has 33 heavy (non-hydrogen) atoms. The number of likely N-dealkylation sites (N-methyl/N-ethyl adjacent to an activating group) is 1. The van der Waals surface area contributed by atoms with Crippen LogP contribution in [-0.2, 0) is 14.4 Å². The predicted molar refractivity (Wildman–Crippen MR) is 115 cm³/mol. The molecule has 0 heterocycles. The number of primary amides is 1. The van der Waals surface area contributed by atoms with Crippen LogP contribution in [0.1, 0.15) is 29.5 Å². The molecule has 0 aliphatic heterocycles. The molecule has 1 aromatic rings. The third-order valence-electron chi connectivity index (χ3n) is 7.33. The number of aliphatic hydroxyl groups excluding tert-OH is 3. The van der Waals surface area contributed by atoms with E-state index in [1.807, 2.05) is 0 Å². The van der Waals surface area contributed by atoms with Gasteiger partial charge in [0.1, 0.15) is 22.8 Å². The number of carbonyl (C=O) groups is 3. The van der Waals surface area contributed by atoms with Gasteiger partial charge in [-0.2, -0.15) is 0 Å². The summed E-state index contributed by atoms with van der Waals surface area (Å²) >= 11 is 0. The average Bonchev–Trinajstić information content (AvgIpc) is 2.72. The summed E-state index contributed by atoms with van der Waals surface area (Å²) in [6.45, 7) is 3.45. The molecule has 176 valence electrons. The number of ketones is 2. The van der Waals surface area contributed by atoms with E-state index in [0.717, 1.165) is 0 Å². The first-order valence-corrected chi connectivity index (χ1v) is 10.4. The zero-order valence-electron chi connectivity index (χ0n) is 18.5. The van der Waals surface area contributed by atoms with Crippen LogP contribution in [0.2, 0.25) is 0 Å². The van der Waals surface area contributed by atoms with E-state index in [1.165, 1.54) is 25.1 Å². The topological polar surface area (TPSA) is 182 Å². The maximum Gasteiger partial charge on any atom is 0.255 e. The maximum absolute atomic E-state index is 13.7. The molecule has 10 heteroatoms. The quantitative estimate of drug-likeness (QED) is 0.327. The minimum Gasteiger partial charge on any atom is -0.508 e. The number of phenolic OH excluding ortho intramolecular Hbond substituents is 1. The number of carbonyl (C=O) groups excluding carboxylic acids is 3. The van der Waals surface area contributed by atoms with Gasteiger partial charge < -0.3 is 31.3 Å². The molecule has 1 amide bonds. The van der Waals surface area contributed by atoms with Gasteiger partial charge in [0.15, 0.2) is 11.4 Å². The lowest BCUT2D eigenvalue weighted by atomic mass is 9.54. The Morgan fingerprint density at radius 3 is 2.30 bits per heavy atom. The Hall–Kier alpha value is -3.21. The maximum atomic E-state index is 13.7. The van der Waals surface area contributed by atoms with Crippen LogP contribution in [0.25, 0.3) is 5.76 Å². The molecule has 7 N–H and O–H groups in total. The number of aryl methyl sites for hydroxylation is 1. The Balaban J connectivity index is 2.08. The molecule has 6 atom stereocenters. The number of hydrogen-bond donors (Lipinski definition) is 6. The molecule has 1 aromatic carbocycles. The molecular weight excluding hydrogens is 432 g/mol. The van der Waals surface area contributed by atoms with E-state index >= 15 is 0 Å². The van der Waals surface area contributed by atoms with Gasteiger partial charge in [-0.05, 0) is 44.1 Å². The van der Waals surface area contributed by atoms with Crippen molar-refractivity contribution in [3.63, 3.8) is 0 Å². The highest BCUT2D eigenvalue weighted by Gasteiger charge is 2.68. The molecule has 0 saturated heterocycles. The van der Waals surface area contributed by atoms with Crippen LogP contribution in [0, 0.1) is 18.8 Å². The van der Waals surface area contributed by atoms with Crippen LogP contribution in [0.15, 0.2) is 29.0 Å². The van der Waals surface area contributed by atoms with Crippen molar-refractivity contribution in [3.05, 3.63) is 45.7 Å². The Morgan fingerprint density at radius 2 is 1.76 bits per heavy atom. The summed E-state index contributed by atoms with van der Waals surface area (Å²) in [5, 5.41) is 55.3. The predicted octanol–water partition coefficient (Wildman–Crippen LogP) is -0.196. The molecule has 1 saturated carbocycles. The molecule has 1 fully saturated rings. The summed E-state index contributed by atoms with van der Waals surface area (Å²) < 4.78 is 0. The van der Waals surface area contributed by atoms with Crippen LogP contribution in [0.4, 0.5) is 0 Å². The monoisotopic (exact) mass is 458 g/mol. The highest BCUT2D eigenvalue weighted by molar-refractivity contribution is 6.24. The van der Waals surface area contributed by atoms with Crippen LogP contribution >= 0.6 is 0 Å². The zero-order valence-corrected chi connectivity index (χ0v) is 18.5. The summed E-state index contributed by atoms with van der Waals surface area (Å²) in [7, 11) is 2.93. The summed E-state index contributed by atoms with van der Waals surface area (Å²) in [4.78, 5) is 40.1. The minimum absolute atomic E-state index is 0.00834. The number of Topliss-reactive ketones (excluding diaryl/α,β-unsaturated/α-hetero) is 2. The third kappa shape index (κ3) is 2.68. The van der Waals surface area contributed by atoms with Crippen molar-refractivity contribution in [3.8, 4) is 5.75 Å². The van der Waals surface area contributed by atoms with Crippen molar-refractivity contribution in [1.82, 2.24) is 4.90 Å². The van der Waals surface area contributed by atoms with Crippen molar-refractivity contribution in [1.29, 1.82) is 0 Å². The first-order chi connectivity index (χ1) is 15.3. The number of amides is 1. The summed E-state index contributed by atoms with van der Waals surface area (Å²) in [5.41, 5.74) is 2.25. The fraction of sp³-hybridized carbons (Fsp3) is 0.435. The van der Waals surface area contributed by atoms with Gasteiger partial charge in [-0.1, -0.05) is 13.0 Å². The molecule has 3 aliphatic carbocycles. The second-order valence-corrected chi connectivity index (χ2v) is 9.24. The van der Waals surface area contributed by atoms with Gasteiger partial charge in [-0.25, -0.2) is 0 Å². The Morgan fingerprint density at radius 1 is 1.15 bits per heavy atom. The molecule has 3 aliphatic rings. The molecule has 0 unspecified atom stereocenters. The smallest absolute Gasteiger partial charge is 0.255 e. The van der Waals surface area contributed by atoms with Crippen molar-refractivity contribution >= 4 is 23.2 Å². The van der Waals surface area contributed by atoms with Crippen molar-refractivity contribution in [2.45, 2.75) is 37.5 Å². The minimum atomic E-state index is -2.90. The first kappa shape index (κ1) is 23.0. The van der Waals surface area contributed by atoms with Gasteiger partial charge in [0, 0.05) is 11.5 Å². The molecule has 0 aromatic heterocycles. The zero-order chi connectivity index (χ0) is 24.7. The lowest BCUT2D eigenvalue weighted by Crippen LogP contribution is -2.70. The molecule has 0 radical (unpaired) electrons. The number of phenols is 1. The highest BCUT2D eigenvalue weighted by atomic mass is 16.4. The average molecular weight is 458 g/mol. The molecular formula is C23H26N2O8. The van der Waals surface area contributed by atoms with E-state index in [0.29, 0.717) is 11.1 Å². The number of aliphatic hydroxyl groups is 4. The number of aromatic hydroxyl groups is 1. The largest absolute Gasteiger partial charge is 0.508 e. The second kappa shape index (κ2) is 7.14. The van der Waals surface area contributed by atoms with Crippen LogP contribution in [-0.4, -0.2) is 79.7 Å². The van der Waals surface area contributed by atoms with Crippen LogP contribution in [0.3, 0.4) is 0 Å². The van der Waals surface area contributed by atoms with E-state index in [2.05, 4.69) is 0 Å². The van der Waals surface area contributed by atoms with Crippen LogP contribution < -0.4 is 5.73 Å². The van der Waals surface area contributed by atoms with Gasteiger partial charge in [-0.3, -0.25) is 19.3 Å². The van der Waals surface area contributed by atoms with Gasteiger partial charge in [0.25, 0.3) is 5.91 Å². The fourth-order valence-electron chi connectivity index (χ4n) is 5.92. The van der Waals surface area contributed by atoms with Crippen molar-refractivity contribution in [2.75, 3.05) is 14.1 Å². The molecule has 4 rings (SSSR count). The fourth-order valence-corrected chi connectivity index (χ4v) is 5.92. The first-order valence-electron chi connectivity index (χ1n) is 10.4. The number of nitrogens with zero attached hydrogens (tertiary/aromatic N) is 1. The van der Waals surface area contributed by atoms with Gasteiger partial charge in [0.2, 0.25) is 5.78 Å². The second-order valence-electron chi connectivity index (χ2n) is 9.24. The van der Waals surface area contributed by atoms with Crippen LogP contribution in [0.5, 0.6) is 5.75 Å². The van der Waals surface area contributed by atoms with E-state index in [-0.39, 0.29) is 11.3 Å². The van der Waals surface area contributed by atoms with E-state index in [4.69, 9.17) is 5.73 Å². The summed E-state index contributed by atoms with van der Waals surface area (Å²) in [6.07, 6.45) is -1.59. The Labute approximate surface area is 189 Å². The van der Waals surface area contributed by atoms with E-state index in [1.54, 1.807) is 19.9 Å². The number of hydrogen-bond acceptors (Lipinski definition) is 9. The van der Waals surface area contributed by atoms with Gasteiger partial charge in [-0.15, -0.1) is 0 Å². The lowest BCUT2D eigenvalue weighted by molar-refractivity contribution is -0.169. The molecule has 10 nitrogen and oxygen atoms in total. The number of rotatable bonds is 2. The van der Waals surface area contributed by atoms with Crippen molar-refractivity contribution < 1.29 is 39.9 Å². The standard InChI is InChI=1S/C23H26N2O8/c1-7-5-6-9(26)12-10(7)8(2)11-13(17(12)27)20(30)23(33)15(18(11)28)16(25(3)4)19(29)14(21(23)31)22(24)32/h5-6,8,11,15-16,18,26-28,31,33H,1-4H3,(H2,24,32)/t8-,11+,15+,16-,18-,23-/m1/s1. The summed E-state index contributed by atoms with van der Waals surface area (Å²) in [6, 6.07) is 1.62. The molecule has 0 spiro atoms. The summed E-state index contributed by atoms with van der Waals surface area (Å²) in [5.74, 6) is -8.86. The number of fused-ring (bicyclic) bond motifs is 3. The Bertz CT molecular complexity index is 1180. The molecule has 0 bridgehead atoms. The van der Waals surface area contributed by atoms with Crippen molar-refractivity contribution in [2.24, 2.45) is 17.6 Å².